The molecular formula is C18H22Cl2N2O3S. The zero-order chi connectivity index (χ0) is 19.6. The number of ether oxygens (including phenoxy) is 2. The number of hydrogen-bond acceptors (Lipinski definition) is 4. The summed E-state index contributed by atoms with van der Waals surface area (Å²) in [5, 5.41) is 4.32. The van der Waals surface area contributed by atoms with Gasteiger partial charge in [-0.25, -0.2) is 0 Å². The van der Waals surface area contributed by atoms with Gasteiger partial charge in [0.05, 0.1) is 24.3 Å². The molecule has 2 rings (SSSR count). The van der Waals surface area contributed by atoms with Gasteiger partial charge in [0.2, 0.25) is 0 Å². The molecule has 142 valence electrons. The number of Topliss-reactive ketones (excluding diaryl/α,β-unsaturated/α-hetero) is 1. The maximum atomic E-state index is 12.4. The SMILES string of the molecule is CCOc1c(Cl)cc(C2NC(=S)N(C)C(C)=C2C(C)=O)c(OCC)c1Cl. The van der Waals surface area contributed by atoms with Crippen LogP contribution in [0.1, 0.15) is 39.3 Å². The summed E-state index contributed by atoms with van der Waals surface area (Å²) in [6.07, 6.45) is 0. The molecule has 1 heterocycles. The van der Waals surface area contributed by atoms with Crippen molar-refractivity contribution in [1.82, 2.24) is 10.2 Å². The Bertz CT molecular complexity index is 780. The van der Waals surface area contributed by atoms with E-state index >= 15 is 0 Å². The van der Waals surface area contributed by atoms with Crippen LogP contribution in [0.15, 0.2) is 17.3 Å². The minimum Gasteiger partial charge on any atom is -0.492 e. The molecular weight excluding hydrogens is 395 g/mol. The minimum absolute atomic E-state index is 0.0714. The molecule has 0 radical (unpaired) electrons. The van der Waals surface area contributed by atoms with Crippen LogP contribution in [0.2, 0.25) is 10.0 Å². The van der Waals surface area contributed by atoms with E-state index in [0.29, 0.717) is 46.0 Å². The molecule has 0 fully saturated rings. The number of allylic oxidation sites excluding steroid dienone is 1. The number of ketones is 1. The van der Waals surface area contributed by atoms with E-state index in [1.165, 1.54) is 6.92 Å². The largest absolute Gasteiger partial charge is 0.492 e. The van der Waals surface area contributed by atoms with Gasteiger partial charge in [0.25, 0.3) is 0 Å². The molecule has 0 spiro atoms. The van der Waals surface area contributed by atoms with Crippen LogP contribution in [0.25, 0.3) is 0 Å². The van der Waals surface area contributed by atoms with Gasteiger partial charge in [0.15, 0.2) is 16.6 Å². The van der Waals surface area contributed by atoms with Crippen molar-refractivity contribution in [1.29, 1.82) is 0 Å². The Hall–Kier alpha value is -1.50. The highest BCUT2D eigenvalue weighted by Crippen LogP contribution is 2.47. The first-order chi connectivity index (χ1) is 12.2. The van der Waals surface area contributed by atoms with E-state index in [1.54, 1.807) is 11.0 Å². The number of carbonyl (C=O) groups excluding carboxylic acids is 1. The fourth-order valence-corrected chi connectivity index (χ4v) is 3.80. The van der Waals surface area contributed by atoms with Crippen molar-refractivity contribution >= 4 is 46.3 Å². The van der Waals surface area contributed by atoms with E-state index < -0.39 is 6.04 Å². The second-order valence-corrected chi connectivity index (χ2v) is 6.95. The highest BCUT2D eigenvalue weighted by atomic mass is 35.5. The molecule has 1 aromatic rings. The minimum atomic E-state index is -0.511. The second-order valence-electron chi connectivity index (χ2n) is 5.78. The zero-order valence-electron chi connectivity index (χ0n) is 15.4. The van der Waals surface area contributed by atoms with Crippen molar-refractivity contribution in [3.05, 3.63) is 32.9 Å². The smallest absolute Gasteiger partial charge is 0.173 e. The highest BCUT2D eigenvalue weighted by molar-refractivity contribution is 7.80. The van der Waals surface area contributed by atoms with Crippen molar-refractivity contribution in [2.45, 2.75) is 33.7 Å². The predicted molar refractivity (Wildman–Crippen MR) is 108 cm³/mol. The zero-order valence-corrected chi connectivity index (χ0v) is 17.7. The lowest BCUT2D eigenvalue weighted by molar-refractivity contribution is -0.114. The van der Waals surface area contributed by atoms with Crippen LogP contribution in [0, 0.1) is 0 Å². The van der Waals surface area contributed by atoms with Crippen LogP contribution < -0.4 is 14.8 Å². The third-order valence-corrected chi connectivity index (χ3v) is 5.20. The molecule has 1 aromatic carbocycles. The van der Waals surface area contributed by atoms with Crippen molar-refractivity contribution in [2.24, 2.45) is 0 Å². The van der Waals surface area contributed by atoms with Crippen LogP contribution in [-0.2, 0) is 4.79 Å². The molecule has 26 heavy (non-hydrogen) atoms. The van der Waals surface area contributed by atoms with Gasteiger partial charge in [-0.05, 0) is 46.0 Å². The lowest BCUT2D eigenvalue weighted by Gasteiger charge is -2.36. The molecule has 8 heteroatoms. The van der Waals surface area contributed by atoms with Crippen LogP contribution in [0.4, 0.5) is 0 Å². The molecule has 1 atom stereocenters. The number of nitrogens with zero attached hydrogens (tertiary/aromatic N) is 1. The Labute approximate surface area is 169 Å². The number of thiocarbonyl (C=S) groups is 1. The Morgan fingerprint density at radius 2 is 1.85 bits per heavy atom. The first-order valence-corrected chi connectivity index (χ1v) is 9.44. The van der Waals surface area contributed by atoms with Crippen molar-refractivity contribution in [3.8, 4) is 11.5 Å². The van der Waals surface area contributed by atoms with Crippen LogP contribution in [0.5, 0.6) is 11.5 Å². The number of hydrogen-bond donors (Lipinski definition) is 1. The number of nitrogens with one attached hydrogen (secondary N) is 1. The van der Waals surface area contributed by atoms with Gasteiger partial charge in [-0.1, -0.05) is 23.2 Å². The van der Waals surface area contributed by atoms with E-state index in [2.05, 4.69) is 5.32 Å². The van der Waals surface area contributed by atoms with E-state index in [1.807, 2.05) is 27.8 Å². The number of carbonyl (C=O) groups is 1. The summed E-state index contributed by atoms with van der Waals surface area (Å²) < 4.78 is 11.3. The molecule has 0 bridgehead atoms. The van der Waals surface area contributed by atoms with Crippen LogP contribution >= 0.6 is 35.4 Å². The van der Waals surface area contributed by atoms with Gasteiger partial charge in [-0.2, -0.15) is 0 Å². The lowest BCUT2D eigenvalue weighted by atomic mass is 9.92. The molecule has 0 saturated heterocycles. The summed E-state index contributed by atoms with van der Waals surface area (Å²) in [4.78, 5) is 14.1. The molecule has 1 aliphatic rings. The van der Waals surface area contributed by atoms with E-state index in [-0.39, 0.29) is 10.8 Å². The summed E-state index contributed by atoms with van der Waals surface area (Å²) in [6, 6.07) is 1.20. The van der Waals surface area contributed by atoms with Gasteiger partial charge in [-0.3, -0.25) is 4.79 Å². The van der Waals surface area contributed by atoms with Crippen molar-refractivity contribution in [2.75, 3.05) is 20.3 Å². The molecule has 5 nitrogen and oxygen atoms in total. The van der Waals surface area contributed by atoms with Crippen molar-refractivity contribution in [3.63, 3.8) is 0 Å². The van der Waals surface area contributed by atoms with Crippen LogP contribution in [-0.4, -0.2) is 36.1 Å². The monoisotopic (exact) mass is 416 g/mol. The fourth-order valence-electron chi connectivity index (χ4n) is 2.91. The first-order valence-electron chi connectivity index (χ1n) is 8.27. The Morgan fingerprint density at radius 3 is 2.38 bits per heavy atom. The molecule has 0 aliphatic carbocycles. The predicted octanol–water partition coefficient (Wildman–Crippen LogP) is 4.51. The Balaban J connectivity index is 2.73. The average molecular weight is 417 g/mol. The van der Waals surface area contributed by atoms with Gasteiger partial charge in [-0.15, -0.1) is 0 Å². The molecule has 1 aliphatic heterocycles. The second kappa shape index (κ2) is 8.46. The standard InChI is InChI=1S/C18H22Cl2N2O3S/c1-6-24-16-11(8-12(19)17(14(16)20)25-7-2)15-13(10(4)23)9(3)22(5)18(26)21-15/h8,15H,6-7H2,1-5H3,(H,21,26). The highest BCUT2D eigenvalue weighted by Gasteiger charge is 2.34. The quantitative estimate of drug-likeness (QED) is 0.688. The first kappa shape index (κ1) is 20.8. The lowest BCUT2D eigenvalue weighted by Crippen LogP contribution is -2.45. The van der Waals surface area contributed by atoms with Crippen LogP contribution in [0.3, 0.4) is 0 Å². The third-order valence-electron chi connectivity index (χ3n) is 4.18. The molecule has 1 unspecified atom stereocenters. The summed E-state index contributed by atoms with van der Waals surface area (Å²) in [5.41, 5.74) is 2.00. The number of benzene rings is 1. The summed E-state index contributed by atoms with van der Waals surface area (Å²) in [5.74, 6) is 0.722. The number of rotatable bonds is 6. The fraction of sp³-hybridized carbons (Fsp3) is 0.444. The maximum absolute atomic E-state index is 12.4. The molecule has 0 aromatic heterocycles. The summed E-state index contributed by atoms with van der Waals surface area (Å²) in [7, 11) is 1.81. The summed E-state index contributed by atoms with van der Waals surface area (Å²) in [6.45, 7) is 7.89. The van der Waals surface area contributed by atoms with E-state index in [0.717, 1.165) is 5.70 Å². The Kier molecular flexibility index (Phi) is 6.77. The molecule has 1 N–H and O–H groups in total. The third kappa shape index (κ3) is 3.77. The molecule has 0 saturated carbocycles. The van der Waals surface area contributed by atoms with Gasteiger partial charge >= 0.3 is 0 Å². The molecule has 0 amide bonds. The Morgan fingerprint density at radius 1 is 1.27 bits per heavy atom. The van der Waals surface area contributed by atoms with E-state index in [4.69, 9.17) is 44.9 Å². The van der Waals surface area contributed by atoms with Gasteiger partial charge < -0.3 is 19.7 Å². The maximum Gasteiger partial charge on any atom is 0.173 e. The van der Waals surface area contributed by atoms with Gasteiger partial charge in [0, 0.05) is 23.9 Å². The normalized spacial score (nSPS) is 17.3. The van der Waals surface area contributed by atoms with Crippen molar-refractivity contribution < 1.29 is 14.3 Å². The summed E-state index contributed by atoms with van der Waals surface area (Å²) >= 11 is 18.3. The van der Waals surface area contributed by atoms with E-state index in [9.17, 15) is 4.79 Å². The topological polar surface area (TPSA) is 50.8 Å². The number of halogens is 2. The average Bonchev–Trinajstić information content (AvgIpc) is 2.58. The van der Waals surface area contributed by atoms with Gasteiger partial charge in [0.1, 0.15) is 10.8 Å².